The average Bonchev–Trinajstić information content (AvgIpc) is 2.66. The van der Waals surface area contributed by atoms with Gasteiger partial charge in [-0.2, -0.15) is 0 Å². The van der Waals surface area contributed by atoms with Gasteiger partial charge in [-0.1, -0.05) is 26.0 Å². The summed E-state index contributed by atoms with van der Waals surface area (Å²) in [4.78, 5) is 25.0. The molecule has 3 amide bonds. The molecular weight excluding hydrogens is 275 g/mol. The van der Waals surface area contributed by atoms with Crippen LogP contribution in [0, 0.1) is 11.7 Å². The lowest BCUT2D eigenvalue weighted by atomic mass is 10.0. The second-order valence-corrected chi connectivity index (χ2v) is 5.65. The molecule has 0 unspecified atom stereocenters. The Kier molecular flexibility index (Phi) is 4.57. The minimum absolute atomic E-state index is 0.134. The summed E-state index contributed by atoms with van der Waals surface area (Å²) in [5.41, 5.74) is 0.462. The van der Waals surface area contributed by atoms with E-state index in [4.69, 9.17) is 0 Å². The van der Waals surface area contributed by atoms with E-state index in [0.717, 1.165) is 4.90 Å². The lowest BCUT2D eigenvalue weighted by Gasteiger charge is -2.18. The predicted molar refractivity (Wildman–Crippen MR) is 74.8 cm³/mol. The molecule has 2 N–H and O–H groups in total. The van der Waals surface area contributed by atoms with Crippen molar-refractivity contribution in [3.8, 4) is 0 Å². The first-order chi connectivity index (χ1) is 9.88. The molecule has 6 heteroatoms. The zero-order valence-electron chi connectivity index (χ0n) is 12.0. The van der Waals surface area contributed by atoms with Crippen molar-refractivity contribution in [3.05, 3.63) is 35.6 Å². The van der Waals surface area contributed by atoms with E-state index in [0.29, 0.717) is 12.0 Å². The maximum absolute atomic E-state index is 12.8. The predicted octanol–water partition coefficient (Wildman–Crippen LogP) is 1.83. The Hall–Kier alpha value is -1.95. The number of carbonyl (C=O) groups excluding carboxylic acids is 2. The van der Waals surface area contributed by atoms with Crippen molar-refractivity contribution in [2.24, 2.45) is 5.92 Å². The highest BCUT2D eigenvalue weighted by molar-refractivity contribution is 6.04. The molecule has 1 aliphatic heterocycles. The molecule has 0 bridgehead atoms. The molecule has 0 saturated carbocycles. The highest BCUT2D eigenvalue weighted by Crippen LogP contribution is 2.19. The first-order valence-corrected chi connectivity index (χ1v) is 6.94. The van der Waals surface area contributed by atoms with E-state index in [1.165, 1.54) is 24.3 Å². The number of hydrogen-bond donors (Lipinski definition) is 2. The van der Waals surface area contributed by atoms with Gasteiger partial charge in [-0.15, -0.1) is 0 Å². The molecule has 2 rings (SSSR count). The van der Waals surface area contributed by atoms with Gasteiger partial charge in [0.05, 0.1) is 12.6 Å². The number of amides is 3. The standard InChI is InChI=1S/C15H19FN2O3/c1-9(2)7-12-14(20)18(15(21)17-12)8-13(19)10-3-5-11(16)6-4-10/h3-6,9,12-13,19H,7-8H2,1-2H3,(H,17,21)/t12-,13-/m0/s1. The minimum Gasteiger partial charge on any atom is -0.387 e. The van der Waals surface area contributed by atoms with Crippen LogP contribution in [0.3, 0.4) is 0 Å². The maximum Gasteiger partial charge on any atom is 0.324 e. The number of benzene rings is 1. The summed E-state index contributed by atoms with van der Waals surface area (Å²) in [5.74, 6) is -0.450. The molecule has 21 heavy (non-hydrogen) atoms. The highest BCUT2D eigenvalue weighted by atomic mass is 19.1. The van der Waals surface area contributed by atoms with Gasteiger partial charge in [0, 0.05) is 0 Å². The molecule has 114 valence electrons. The lowest BCUT2D eigenvalue weighted by molar-refractivity contribution is -0.128. The Labute approximate surface area is 122 Å². The normalized spacial score (nSPS) is 20.0. The van der Waals surface area contributed by atoms with Crippen LogP contribution in [0.25, 0.3) is 0 Å². The molecule has 1 heterocycles. The van der Waals surface area contributed by atoms with Gasteiger partial charge in [-0.05, 0) is 30.0 Å². The van der Waals surface area contributed by atoms with Crippen LogP contribution in [0.4, 0.5) is 9.18 Å². The van der Waals surface area contributed by atoms with Gasteiger partial charge in [0.25, 0.3) is 5.91 Å². The van der Waals surface area contributed by atoms with Crippen molar-refractivity contribution in [2.45, 2.75) is 32.4 Å². The first-order valence-electron chi connectivity index (χ1n) is 6.94. The molecule has 0 spiro atoms. The number of β-amino-alcohol motifs (C(OH)–C–C–N with tert-alkyl or cyclic N) is 1. The van der Waals surface area contributed by atoms with Gasteiger partial charge in [-0.3, -0.25) is 9.69 Å². The van der Waals surface area contributed by atoms with Crippen LogP contribution >= 0.6 is 0 Å². The number of rotatable bonds is 5. The van der Waals surface area contributed by atoms with Crippen molar-refractivity contribution in [3.63, 3.8) is 0 Å². The quantitative estimate of drug-likeness (QED) is 0.814. The number of urea groups is 1. The Morgan fingerprint density at radius 3 is 2.48 bits per heavy atom. The zero-order chi connectivity index (χ0) is 15.6. The second-order valence-electron chi connectivity index (χ2n) is 5.65. The summed E-state index contributed by atoms with van der Waals surface area (Å²) in [6, 6.07) is 4.30. The highest BCUT2D eigenvalue weighted by Gasteiger charge is 2.38. The molecule has 1 aliphatic rings. The van der Waals surface area contributed by atoms with Crippen LogP contribution in [-0.2, 0) is 4.79 Å². The van der Waals surface area contributed by atoms with Gasteiger partial charge < -0.3 is 10.4 Å². The van der Waals surface area contributed by atoms with Crippen LogP contribution in [0.1, 0.15) is 31.9 Å². The van der Waals surface area contributed by atoms with Crippen molar-refractivity contribution < 1.29 is 19.1 Å². The maximum atomic E-state index is 12.8. The summed E-state index contributed by atoms with van der Waals surface area (Å²) < 4.78 is 12.8. The molecule has 0 aliphatic carbocycles. The van der Waals surface area contributed by atoms with Crippen LogP contribution in [0.2, 0.25) is 0 Å². The Morgan fingerprint density at radius 2 is 1.90 bits per heavy atom. The number of hydrogen-bond acceptors (Lipinski definition) is 3. The van der Waals surface area contributed by atoms with Crippen molar-refractivity contribution >= 4 is 11.9 Å². The van der Waals surface area contributed by atoms with E-state index in [9.17, 15) is 19.1 Å². The monoisotopic (exact) mass is 294 g/mol. The molecule has 1 fully saturated rings. The third-order valence-corrected chi connectivity index (χ3v) is 3.42. The van der Waals surface area contributed by atoms with Gasteiger partial charge in [0.2, 0.25) is 0 Å². The largest absolute Gasteiger partial charge is 0.387 e. The van der Waals surface area contributed by atoms with Crippen LogP contribution in [0.5, 0.6) is 0 Å². The number of aliphatic hydroxyl groups excluding tert-OH is 1. The smallest absolute Gasteiger partial charge is 0.324 e. The number of halogens is 1. The fourth-order valence-corrected chi connectivity index (χ4v) is 2.34. The van der Waals surface area contributed by atoms with Crippen molar-refractivity contribution in [1.82, 2.24) is 10.2 Å². The number of imide groups is 1. The molecular formula is C15H19FN2O3. The number of aliphatic hydroxyl groups is 1. The van der Waals surface area contributed by atoms with Gasteiger partial charge in [0.1, 0.15) is 11.9 Å². The number of carbonyl (C=O) groups is 2. The van der Waals surface area contributed by atoms with E-state index in [1.54, 1.807) is 0 Å². The van der Waals surface area contributed by atoms with Crippen LogP contribution in [-0.4, -0.2) is 34.5 Å². The fourth-order valence-electron chi connectivity index (χ4n) is 2.34. The summed E-state index contributed by atoms with van der Waals surface area (Å²) in [5, 5.41) is 12.7. The molecule has 2 atom stereocenters. The minimum atomic E-state index is -1.03. The molecule has 0 radical (unpaired) electrons. The third-order valence-electron chi connectivity index (χ3n) is 3.42. The van der Waals surface area contributed by atoms with Crippen molar-refractivity contribution in [2.75, 3.05) is 6.54 Å². The van der Waals surface area contributed by atoms with E-state index in [1.807, 2.05) is 13.8 Å². The van der Waals surface area contributed by atoms with E-state index in [-0.39, 0.29) is 18.4 Å². The van der Waals surface area contributed by atoms with Crippen LogP contribution < -0.4 is 5.32 Å². The fraction of sp³-hybridized carbons (Fsp3) is 0.467. The van der Waals surface area contributed by atoms with E-state index in [2.05, 4.69) is 5.32 Å². The Morgan fingerprint density at radius 1 is 1.29 bits per heavy atom. The van der Waals surface area contributed by atoms with Crippen molar-refractivity contribution in [1.29, 1.82) is 0 Å². The summed E-state index contributed by atoms with van der Waals surface area (Å²) in [6.07, 6.45) is -0.466. The molecule has 5 nitrogen and oxygen atoms in total. The topological polar surface area (TPSA) is 69.6 Å². The van der Waals surface area contributed by atoms with Crippen LogP contribution in [0.15, 0.2) is 24.3 Å². The molecule has 1 aromatic carbocycles. The van der Waals surface area contributed by atoms with E-state index < -0.39 is 24.0 Å². The number of nitrogens with zero attached hydrogens (tertiary/aromatic N) is 1. The molecule has 0 aromatic heterocycles. The SMILES string of the molecule is CC(C)C[C@@H]1NC(=O)N(C[C@H](O)c2ccc(F)cc2)C1=O. The summed E-state index contributed by atoms with van der Waals surface area (Å²) in [7, 11) is 0. The lowest BCUT2D eigenvalue weighted by Crippen LogP contribution is -2.35. The molecule has 1 saturated heterocycles. The number of nitrogens with one attached hydrogen (secondary N) is 1. The third kappa shape index (κ3) is 3.58. The Bertz CT molecular complexity index is 530. The first kappa shape index (κ1) is 15.4. The molecule has 1 aromatic rings. The van der Waals surface area contributed by atoms with E-state index >= 15 is 0 Å². The second kappa shape index (κ2) is 6.22. The van der Waals surface area contributed by atoms with Gasteiger partial charge in [-0.25, -0.2) is 9.18 Å². The summed E-state index contributed by atoms with van der Waals surface area (Å²) >= 11 is 0. The average molecular weight is 294 g/mol. The zero-order valence-corrected chi connectivity index (χ0v) is 12.0. The van der Waals surface area contributed by atoms with Gasteiger partial charge >= 0.3 is 6.03 Å². The Balaban J connectivity index is 2.03. The van der Waals surface area contributed by atoms with Gasteiger partial charge in [0.15, 0.2) is 0 Å². The summed E-state index contributed by atoms with van der Waals surface area (Å²) in [6.45, 7) is 3.80.